The maximum atomic E-state index is 11.5. The van der Waals surface area contributed by atoms with Crippen LogP contribution in [0.1, 0.15) is 91.9 Å². The molecule has 5 nitrogen and oxygen atoms in total. The van der Waals surface area contributed by atoms with Gasteiger partial charge in [-0.15, -0.1) is 0 Å². The molecule has 3 fully saturated rings. The lowest BCUT2D eigenvalue weighted by molar-refractivity contribution is -0.156. The molecule has 3 rings (SSSR count). The Balaban J connectivity index is 0.000000214. The molecule has 0 aromatic rings. The van der Waals surface area contributed by atoms with E-state index < -0.39 is 5.60 Å². The Labute approximate surface area is 184 Å². The number of likely N-dealkylation sites (N-methyl/N-ethyl adjacent to an activating group) is 1. The van der Waals surface area contributed by atoms with Gasteiger partial charge in [-0.1, -0.05) is 26.2 Å². The van der Waals surface area contributed by atoms with Gasteiger partial charge in [-0.05, 0) is 65.3 Å². The average molecular weight is 423 g/mol. The fourth-order valence-corrected chi connectivity index (χ4v) is 5.06. The molecule has 174 valence electrons. The quantitative estimate of drug-likeness (QED) is 0.616. The molecule has 0 N–H and O–H groups in total. The lowest BCUT2D eigenvalue weighted by Gasteiger charge is -2.41. The fourth-order valence-electron chi connectivity index (χ4n) is 5.06. The van der Waals surface area contributed by atoms with E-state index in [0.29, 0.717) is 19.3 Å². The van der Waals surface area contributed by atoms with Crippen LogP contribution < -0.4 is 0 Å². The summed E-state index contributed by atoms with van der Waals surface area (Å²) in [6.07, 6.45) is 10.8. The summed E-state index contributed by atoms with van der Waals surface area (Å²) in [4.78, 5) is 27.9. The first-order valence-corrected chi connectivity index (χ1v) is 12.3. The van der Waals surface area contributed by atoms with Crippen molar-refractivity contribution in [2.75, 3.05) is 33.2 Å². The summed E-state index contributed by atoms with van der Waals surface area (Å²) in [5.41, 5.74) is -0.421. The minimum Gasteiger partial charge on any atom is -0.460 e. The molecule has 3 atom stereocenters. The molecule has 2 aliphatic carbocycles. The van der Waals surface area contributed by atoms with E-state index in [2.05, 4.69) is 23.8 Å². The number of carbonyl (C=O) groups excluding carboxylic acids is 2. The molecule has 5 heteroatoms. The van der Waals surface area contributed by atoms with Crippen LogP contribution in [0, 0.1) is 11.8 Å². The first kappa shape index (κ1) is 25.3. The molecule has 0 spiro atoms. The molecule has 0 bridgehead atoms. The van der Waals surface area contributed by atoms with Crippen LogP contribution in [0.2, 0.25) is 0 Å². The van der Waals surface area contributed by atoms with Crippen LogP contribution in [-0.2, 0) is 14.3 Å². The highest BCUT2D eigenvalue weighted by atomic mass is 16.6. The van der Waals surface area contributed by atoms with Crippen LogP contribution >= 0.6 is 0 Å². The predicted octanol–water partition coefficient (Wildman–Crippen LogP) is 4.68. The lowest BCUT2D eigenvalue weighted by Crippen LogP contribution is -2.50. The van der Waals surface area contributed by atoms with Crippen LogP contribution in [0.3, 0.4) is 0 Å². The third kappa shape index (κ3) is 9.47. The van der Waals surface area contributed by atoms with Crippen LogP contribution in [0.15, 0.2) is 0 Å². The number of ether oxygens (including phenoxy) is 1. The number of nitrogens with zero attached hydrogens (tertiary/aromatic N) is 2. The third-order valence-corrected chi connectivity index (χ3v) is 6.85. The maximum absolute atomic E-state index is 11.5. The molecular formula is C25H46N2O3. The number of hydrogen-bond donors (Lipinski definition) is 0. The maximum Gasteiger partial charge on any atom is 0.306 e. The van der Waals surface area contributed by atoms with Crippen molar-refractivity contribution in [2.24, 2.45) is 11.8 Å². The van der Waals surface area contributed by atoms with Gasteiger partial charge >= 0.3 is 5.97 Å². The number of Topliss-reactive ketones (excluding diaryl/α,β-unsaturated/α-hetero) is 1. The SMILES string of the molecule is CC(C)(C)OC(=O)CC1CCCC(=O)C1.CCC1CCCC(N2CCN(C)CC2)C1. The largest absolute Gasteiger partial charge is 0.460 e. The minimum atomic E-state index is -0.421. The normalized spacial score (nSPS) is 29.1. The van der Waals surface area contributed by atoms with Crippen LogP contribution in [-0.4, -0.2) is 66.4 Å². The van der Waals surface area contributed by atoms with Crippen molar-refractivity contribution in [3.63, 3.8) is 0 Å². The topological polar surface area (TPSA) is 49.9 Å². The van der Waals surface area contributed by atoms with Gasteiger partial charge in [0.25, 0.3) is 0 Å². The Morgan fingerprint density at radius 3 is 2.30 bits per heavy atom. The van der Waals surface area contributed by atoms with Crippen molar-refractivity contribution in [3.8, 4) is 0 Å². The Kier molecular flexibility index (Phi) is 10.3. The molecular weight excluding hydrogens is 376 g/mol. The minimum absolute atomic E-state index is 0.179. The molecule has 2 saturated carbocycles. The van der Waals surface area contributed by atoms with E-state index in [-0.39, 0.29) is 17.7 Å². The summed E-state index contributed by atoms with van der Waals surface area (Å²) in [6, 6.07) is 0.914. The Morgan fingerprint density at radius 1 is 1.03 bits per heavy atom. The van der Waals surface area contributed by atoms with Gasteiger partial charge < -0.3 is 9.64 Å². The summed E-state index contributed by atoms with van der Waals surface area (Å²) in [6.45, 7) is 13.1. The van der Waals surface area contributed by atoms with Gasteiger partial charge in [0.15, 0.2) is 0 Å². The van der Waals surface area contributed by atoms with E-state index in [0.717, 1.165) is 24.8 Å². The third-order valence-electron chi connectivity index (χ3n) is 6.85. The van der Waals surface area contributed by atoms with Crippen molar-refractivity contribution in [3.05, 3.63) is 0 Å². The summed E-state index contributed by atoms with van der Waals surface area (Å²) < 4.78 is 5.23. The van der Waals surface area contributed by atoms with Crippen LogP contribution in [0.25, 0.3) is 0 Å². The first-order valence-electron chi connectivity index (χ1n) is 12.3. The van der Waals surface area contributed by atoms with Crippen molar-refractivity contribution >= 4 is 11.8 Å². The summed E-state index contributed by atoms with van der Waals surface area (Å²) in [5, 5.41) is 0. The van der Waals surface area contributed by atoms with Gasteiger partial charge in [0.2, 0.25) is 0 Å². The summed E-state index contributed by atoms with van der Waals surface area (Å²) in [5.74, 6) is 1.33. The van der Waals surface area contributed by atoms with Gasteiger partial charge in [-0.2, -0.15) is 0 Å². The zero-order chi connectivity index (χ0) is 22.1. The van der Waals surface area contributed by atoms with Gasteiger partial charge in [-0.25, -0.2) is 0 Å². The second kappa shape index (κ2) is 12.2. The van der Waals surface area contributed by atoms with Gasteiger partial charge in [0, 0.05) is 51.5 Å². The fraction of sp³-hybridized carbons (Fsp3) is 0.920. The predicted molar refractivity (Wildman–Crippen MR) is 123 cm³/mol. The number of esters is 1. The van der Waals surface area contributed by atoms with E-state index in [1.165, 1.54) is 58.3 Å². The first-order chi connectivity index (χ1) is 14.2. The zero-order valence-electron chi connectivity index (χ0n) is 20.3. The van der Waals surface area contributed by atoms with Crippen molar-refractivity contribution in [1.29, 1.82) is 0 Å². The number of carbonyl (C=O) groups is 2. The zero-order valence-corrected chi connectivity index (χ0v) is 20.3. The standard InChI is InChI=1S/C13H26N2.C12H20O3/c1-3-12-5-4-6-13(11-12)15-9-7-14(2)8-10-15;1-12(2,3)15-11(14)8-9-5-4-6-10(13)7-9/h12-13H,3-11H2,1-2H3;9H,4-8H2,1-3H3. The number of rotatable bonds is 4. The van der Waals surface area contributed by atoms with Gasteiger partial charge in [0.05, 0.1) is 0 Å². The highest BCUT2D eigenvalue weighted by Crippen LogP contribution is 2.30. The Morgan fingerprint density at radius 2 is 1.70 bits per heavy atom. The molecule has 0 amide bonds. The average Bonchev–Trinajstić information content (AvgIpc) is 2.67. The number of piperazine rings is 1. The summed E-state index contributed by atoms with van der Waals surface area (Å²) in [7, 11) is 2.24. The van der Waals surface area contributed by atoms with Crippen molar-refractivity contribution in [1.82, 2.24) is 9.80 Å². The molecule has 1 heterocycles. The molecule has 3 aliphatic rings. The smallest absolute Gasteiger partial charge is 0.306 e. The molecule has 0 radical (unpaired) electrons. The molecule has 1 saturated heterocycles. The molecule has 0 aromatic carbocycles. The van der Waals surface area contributed by atoms with Crippen LogP contribution in [0.5, 0.6) is 0 Å². The monoisotopic (exact) mass is 422 g/mol. The van der Waals surface area contributed by atoms with Crippen molar-refractivity contribution in [2.45, 2.75) is 104 Å². The van der Waals surface area contributed by atoms with Crippen molar-refractivity contribution < 1.29 is 14.3 Å². The highest BCUT2D eigenvalue weighted by Gasteiger charge is 2.27. The molecule has 3 unspecified atom stereocenters. The van der Waals surface area contributed by atoms with Gasteiger partial charge in [-0.3, -0.25) is 14.5 Å². The Hall–Kier alpha value is -0.940. The van der Waals surface area contributed by atoms with E-state index >= 15 is 0 Å². The molecule has 1 aliphatic heterocycles. The van der Waals surface area contributed by atoms with E-state index in [9.17, 15) is 9.59 Å². The lowest BCUT2D eigenvalue weighted by atomic mass is 9.83. The molecule has 30 heavy (non-hydrogen) atoms. The number of hydrogen-bond acceptors (Lipinski definition) is 5. The second-order valence-corrected chi connectivity index (χ2v) is 10.7. The van der Waals surface area contributed by atoms with E-state index in [1.54, 1.807) is 0 Å². The van der Waals surface area contributed by atoms with Crippen LogP contribution in [0.4, 0.5) is 0 Å². The van der Waals surface area contributed by atoms with E-state index in [4.69, 9.17) is 4.74 Å². The highest BCUT2D eigenvalue weighted by molar-refractivity contribution is 5.80. The summed E-state index contributed by atoms with van der Waals surface area (Å²) >= 11 is 0. The second-order valence-electron chi connectivity index (χ2n) is 10.7. The molecule has 0 aromatic heterocycles. The van der Waals surface area contributed by atoms with E-state index in [1.807, 2.05) is 20.8 Å². The van der Waals surface area contributed by atoms with Gasteiger partial charge in [0.1, 0.15) is 11.4 Å². The number of ketones is 1. The Bertz CT molecular complexity index is 535.